The van der Waals surface area contributed by atoms with Crippen molar-refractivity contribution in [2.75, 3.05) is 0 Å². The Kier molecular flexibility index (Phi) is 5.59. The van der Waals surface area contributed by atoms with Gasteiger partial charge >= 0.3 is 0 Å². The van der Waals surface area contributed by atoms with Gasteiger partial charge in [0.15, 0.2) is 5.16 Å². The zero-order valence-electron chi connectivity index (χ0n) is 13.3. The van der Waals surface area contributed by atoms with Crippen molar-refractivity contribution in [1.82, 2.24) is 14.8 Å². The molecule has 1 fully saturated rings. The van der Waals surface area contributed by atoms with Crippen LogP contribution >= 0.6 is 23.4 Å². The van der Waals surface area contributed by atoms with Crippen LogP contribution < -0.4 is 0 Å². The Bertz CT molecular complexity index is 648. The van der Waals surface area contributed by atoms with Gasteiger partial charge in [0, 0.05) is 28.8 Å². The van der Waals surface area contributed by atoms with Crippen LogP contribution in [-0.4, -0.2) is 14.8 Å². The van der Waals surface area contributed by atoms with Crippen LogP contribution in [0.4, 0.5) is 4.39 Å². The van der Waals surface area contributed by atoms with Crippen molar-refractivity contribution in [3.05, 3.63) is 40.4 Å². The Morgan fingerprint density at radius 3 is 2.74 bits per heavy atom. The van der Waals surface area contributed by atoms with Crippen LogP contribution in [0.1, 0.15) is 56.3 Å². The predicted octanol–water partition coefficient (Wildman–Crippen LogP) is 5.43. The van der Waals surface area contributed by atoms with Crippen LogP contribution in [-0.2, 0) is 12.3 Å². The predicted molar refractivity (Wildman–Crippen MR) is 92.5 cm³/mol. The van der Waals surface area contributed by atoms with Gasteiger partial charge in [0.2, 0.25) is 0 Å². The van der Waals surface area contributed by atoms with Gasteiger partial charge in [0.1, 0.15) is 11.6 Å². The summed E-state index contributed by atoms with van der Waals surface area (Å²) in [6.07, 6.45) is 6.26. The summed E-state index contributed by atoms with van der Waals surface area (Å²) in [5.74, 6) is 1.81. The molecule has 0 spiro atoms. The largest absolute Gasteiger partial charge is 0.306 e. The number of hydrogen-bond acceptors (Lipinski definition) is 3. The third-order valence-corrected chi connectivity index (χ3v) is 5.79. The molecule has 6 heteroatoms. The van der Waals surface area contributed by atoms with Crippen LogP contribution in [0.3, 0.4) is 0 Å². The van der Waals surface area contributed by atoms with Crippen molar-refractivity contribution in [1.29, 1.82) is 0 Å². The van der Waals surface area contributed by atoms with E-state index in [2.05, 4.69) is 21.7 Å². The Hall–Kier alpha value is -1.07. The molecule has 0 bridgehead atoms. The van der Waals surface area contributed by atoms with E-state index in [-0.39, 0.29) is 5.82 Å². The van der Waals surface area contributed by atoms with Crippen LogP contribution in [0.5, 0.6) is 0 Å². The third kappa shape index (κ3) is 3.72. The lowest BCUT2D eigenvalue weighted by Gasteiger charge is -2.21. The van der Waals surface area contributed by atoms with Gasteiger partial charge in [-0.15, -0.1) is 10.2 Å². The van der Waals surface area contributed by atoms with Crippen LogP contribution in [0.25, 0.3) is 0 Å². The van der Waals surface area contributed by atoms with Gasteiger partial charge < -0.3 is 4.57 Å². The third-order valence-electron chi connectivity index (χ3n) is 4.44. The molecule has 0 amide bonds. The molecule has 124 valence electrons. The van der Waals surface area contributed by atoms with E-state index >= 15 is 0 Å². The smallest absolute Gasteiger partial charge is 0.191 e. The lowest BCUT2D eigenvalue weighted by Crippen LogP contribution is -2.12. The molecule has 1 aliphatic carbocycles. The number of nitrogens with zero attached hydrogens (tertiary/aromatic N) is 3. The first kappa shape index (κ1) is 16.8. The first-order valence-corrected chi connectivity index (χ1v) is 9.55. The standard InChI is InChI=1S/C17H21ClFN3S/c1-2-22-16(12-7-4-3-5-8-12)20-21-17(22)23-11-13-14(18)9-6-10-15(13)19/h6,9-10,12H,2-5,7-8,11H2,1H3. The summed E-state index contributed by atoms with van der Waals surface area (Å²) in [4.78, 5) is 0. The average molecular weight is 354 g/mol. The number of rotatable bonds is 5. The molecule has 2 aromatic rings. The monoisotopic (exact) mass is 353 g/mol. The molecule has 0 N–H and O–H groups in total. The summed E-state index contributed by atoms with van der Waals surface area (Å²) in [6.45, 7) is 2.95. The summed E-state index contributed by atoms with van der Waals surface area (Å²) in [5, 5.41) is 10.1. The van der Waals surface area contributed by atoms with Gasteiger partial charge in [-0.25, -0.2) is 4.39 Å². The highest BCUT2D eigenvalue weighted by Crippen LogP contribution is 2.34. The minimum Gasteiger partial charge on any atom is -0.306 e. The zero-order valence-corrected chi connectivity index (χ0v) is 14.8. The second-order valence-electron chi connectivity index (χ2n) is 5.91. The van der Waals surface area contributed by atoms with Crippen LogP contribution in [0.15, 0.2) is 23.4 Å². The second kappa shape index (κ2) is 7.67. The highest BCUT2D eigenvalue weighted by Gasteiger charge is 2.23. The molecule has 1 heterocycles. The summed E-state index contributed by atoms with van der Waals surface area (Å²) < 4.78 is 16.1. The van der Waals surface area contributed by atoms with E-state index in [9.17, 15) is 4.39 Å². The lowest BCUT2D eigenvalue weighted by molar-refractivity contribution is 0.413. The van der Waals surface area contributed by atoms with Crippen molar-refractivity contribution in [2.45, 2.75) is 62.4 Å². The van der Waals surface area contributed by atoms with Gasteiger partial charge in [-0.3, -0.25) is 0 Å². The second-order valence-corrected chi connectivity index (χ2v) is 7.26. The van der Waals surface area contributed by atoms with Crippen molar-refractivity contribution < 1.29 is 4.39 Å². The molecule has 23 heavy (non-hydrogen) atoms. The molecule has 3 rings (SSSR count). The maximum Gasteiger partial charge on any atom is 0.191 e. The van der Waals surface area contributed by atoms with E-state index in [1.165, 1.54) is 49.9 Å². The fourth-order valence-corrected chi connectivity index (χ4v) is 4.53. The maximum absolute atomic E-state index is 13.9. The quantitative estimate of drug-likeness (QED) is 0.671. The molecule has 1 aromatic heterocycles. The molecule has 1 aliphatic rings. The molecule has 1 saturated carbocycles. The first-order valence-electron chi connectivity index (χ1n) is 8.19. The van der Waals surface area contributed by atoms with Crippen molar-refractivity contribution in [3.63, 3.8) is 0 Å². The summed E-state index contributed by atoms with van der Waals surface area (Å²) in [6, 6.07) is 4.79. The van der Waals surface area contributed by atoms with E-state index in [1.807, 2.05) is 0 Å². The Balaban J connectivity index is 1.77. The fraction of sp³-hybridized carbons (Fsp3) is 0.529. The lowest BCUT2D eigenvalue weighted by atomic mass is 9.89. The van der Waals surface area contributed by atoms with Gasteiger partial charge in [0.05, 0.1) is 0 Å². The Morgan fingerprint density at radius 2 is 2.04 bits per heavy atom. The van der Waals surface area contributed by atoms with Gasteiger partial charge in [-0.05, 0) is 31.9 Å². The summed E-state index contributed by atoms with van der Waals surface area (Å²) in [5.41, 5.74) is 0.532. The summed E-state index contributed by atoms with van der Waals surface area (Å²) in [7, 11) is 0. The number of aromatic nitrogens is 3. The molecular weight excluding hydrogens is 333 g/mol. The topological polar surface area (TPSA) is 30.7 Å². The molecule has 0 atom stereocenters. The molecule has 0 unspecified atom stereocenters. The number of thioether (sulfide) groups is 1. The van der Waals surface area contributed by atoms with Crippen LogP contribution in [0, 0.1) is 5.82 Å². The highest BCUT2D eigenvalue weighted by molar-refractivity contribution is 7.98. The fourth-order valence-electron chi connectivity index (χ4n) is 3.17. The molecule has 3 nitrogen and oxygen atoms in total. The van der Waals surface area contributed by atoms with E-state index in [1.54, 1.807) is 12.1 Å². The maximum atomic E-state index is 13.9. The normalized spacial score (nSPS) is 16.0. The minimum absolute atomic E-state index is 0.264. The van der Waals surface area contributed by atoms with Gasteiger partial charge in [-0.1, -0.05) is 48.7 Å². The number of halogens is 2. The Labute approximate surface area is 145 Å². The van der Waals surface area contributed by atoms with Gasteiger partial charge in [0.25, 0.3) is 0 Å². The molecule has 0 saturated heterocycles. The minimum atomic E-state index is -0.264. The zero-order chi connectivity index (χ0) is 16.2. The number of hydrogen-bond donors (Lipinski definition) is 0. The van der Waals surface area contributed by atoms with Crippen molar-refractivity contribution >= 4 is 23.4 Å². The van der Waals surface area contributed by atoms with E-state index in [0.717, 1.165) is 17.5 Å². The molecular formula is C17H21ClFN3S. The first-order chi connectivity index (χ1) is 11.2. The van der Waals surface area contributed by atoms with E-state index < -0.39 is 0 Å². The number of benzene rings is 1. The average Bonchev–Trinajstić information content (AvgIpc) is 2.98. The van der Waals surface area contributed by atoms with E-state index in [0.29, 0.717) is 22.3 Å². The van der Waals surface area contributed by atoms with Crippen molar-refractivity contribution in [3.8, 4) is 0 Å². The van der Waals surface area contributed by atoms with Gasteiger partial charge in [-0.2, -0.15) is 0 Å². The highest BCUT2D eigenvalue weighted by atomic mass is 35.5. The SMILES string of the molecule is CCn1c(SCc2c(F)cccc2Cl)nnc1C1CCCCC1. The molecule has 1 aromatic carbocycles. The molecule has 0 aliphatic heterocycles. The van der Waals surface area contributed by atoms with E-state index in [4.69, 9.17) is 11.6 Å². The van der Waals surface area contributed by atoms with Crippen molar-refractivity contribution in [2.24, 2.45) is 0 Å². The summed E-state index contributed by atoms with van der Waals surface area (Å²) >= 11 is 7.60. The molecule has 0 radical (unpaired) electrons. The van der Waals surface area contributed by atoms with Crippen LogP contribution in [0.2, 0.25) is 5.02 Å². The Morgan fingerprint density at radius 1 is 1.26 bits per heavy atom.